The third kappa shape index (κ3) is 13.9. The molecule has 0 saturated heterocycles. The maximum absolute atomic E-state index is 6.69. The van der Waals surface area contributed by atoms with Crippen LogP contribution in [0.3, 0.4) is 0 Å². The van der Waals surface area contributed by atoms with Crippen LogP contribution in [0.25, 0.3) is 0 Å². The molecule has 0 aliphatic carbocycles. The van der Waals surface area contributed by atoms with Crippen molar-refractivity contribution in [2.45, 2.75) is 0 Å². The van der Waals surface area contributed by atoms with E-state index in [9.17, 15) is 0 Å². The molecule has 132 valence electrons. The van der Waals surface area contributed by atoms with Crippen molar-refractivity contribution in [3.05, 3.63) is 145 Å². The van der Waals surface area contributed by atoms with E-state index in [0.717, 1.165) is 11.1 Å². The van der Waals surface area contributed by atoms with Gasteiger partial charge < -0.3 is 43.2 Å². The van der Waals surface area contributed by atoms with Gasteiger partial charge in [0.15, 0.2) is 0 Å². The number of hydrogen-bond acceptors (Lipinski definition) is 0. The van der Waals surface area contributed by atoms with Gasteiger partial charge >= 0.3 is 0 Å². The molecular weight excluding hydrogens is 360 g/mol. The van der Waals surface area contributed by atoms with Crippen LogP contribution in [0.2, 0.25) is 0 Å². The van der Waals surface area contributed by atoms with Gasteiger partial charge in [-0.3, -0.25) is 11.8 Å². The molecule has 4 aromatic rings. The fraction of sp³-hybridized carbons (Fsp3) is 0. The Morgan fingerprint density at radius 2 is 1.04 bits per heavy atom. The number of benzene rings is 2. The van der Waals surface area contributed by atoms with Crippen LogP contribution >= 0.6 is 0 Å². The second kappa shape index (κ2) is 17.8. The minimum absolute atomic E-state index is 0. The summed E-state index contributed by atoms with van der Waals surface area (Å²) in [5, 5.41) is 0. The zero-order chi connectivity index (χ0) is 18.7. The Morgan fingerprint density at radius 1 is 0.630 bits per heavy atom. The Bertz CT molecular complexity index is 718. The topological polar surface area (TPSA) is 0 Å². The summed E-state index contributed by atoms with van der Waals surface area (Å²) in [5.74, 6) is 4.55. The third-order valence-electron chi connectivity index (χ3n) is 2.74. The standard InChI is InChI=1S/2C8H5.C5H5.C5H.Ti/c2*1-2-8-6-4-3-5-7-8;2*1-2-4-5-3-1;/h2*3-7H;1-5H;1H;/q3*-1;-5;. The summed E-state index contributed by atoms with van der Waals surface area (Å²) in [4.78, 5) is 0. The van der Waals surface area contributed by atoms with E-state index in [4.69, 9.17) is 12.8 Å². The molecule has 4 aromatic carbocycles. The van der Waals surface area contributed by atoms with Gasteiger partial charge in [-0.05, 0) is 0 Å². The minimum Gasteiger partial charge on any atom is -0.999 e. The second-order valence-electron chi connectivity index (χ2n) is 4.63. The van der Waals surface area contributed by atoms with E-state index in [-0.39, 0.29) is 21.7 Å². The molecule has 0 atom stereocenters. The van der Waals surface area contributed by atoms with Gasteiger partial charge in [0.25, 0.3) is 0 Å². The van der Waals surface area contributed by atoms with Crippen LogP contribution in [0.1, 0.15) is 11.1 Å². The Labute approximate surface area is 178 Å². The van der Waals surface area contributed by atoms with Crippen molar-refractivity contribution in [1.29, 1.82) is 0 Å². The van der Waals surface area contributed by atoms with Gasteiger partial charge in [0, 0.05) is 21.7 Å². The Balaban J connectivity index is 0.000000337. The van der Waals surface area contributed by atoms with Crippen molar-refractivity contribution in [2.75, 3.05) is 0 Å². The first-order valence-electron chi connectivity index (χ1n) is 7.82. The van der Waals surface area contributed by atoms with Crippen LogP contribution in [0.4, 0.5) is 0 Å². The molecule has 0 saturated carbocycles. The van der Waals surface area contributed by atoms with Crippen LogP contribution in [-0.2, 0) is 21.7 Å². The molecule has 27 heavy (non-hydrogen) atoms. The number of hydrogen-bond donors (Lipinski definition) is 0. The van der Waals surface area contributed by atoms with Crippen molar-refractivity contribution in [1.82, 2.24) is 0 Å². The molecule has 0 unspecified atom stereocenters. The Hall–Kier alpha value is -3.03. The van der Waals surface area contributed by atoms with Crippen LogP contribution in [0.5, 0.6) is 0 Å². The normalized spacial score (nSPS) is 7.63. The maximum Gasteiger partial charge on any atom is 0 e. The van der Waals surface area contributed by atoms with Gasteiger partial charge in [-0.1, -0.05) is 36.4 Å². The average molecular weight is 376 g/mol. The molecule has 0 amide bonds. The van der Waals surface area contributed by atoms with Crippen molar-refractivity contribution in [2.24, 2.45) is 0 Å². The van der Waals surface area contributed by atoms with Crippen molar-refractivity contribution < 1.29 is 21.7 Å². The molecule has 0 spiro atoms. The molecule has 1 heteroatoms. The second-order valence-corrected chi connectivity index (χ2v) is 4.63. The van der Waals surface area contributed by atoms with E-state index in [1.807, 2.05) is 91.0 Å². The van der Waals surface area contributed by atoms with Gasteiger partial charge in [-0.15, -0.1) is 35.4 Å². The van der Waals surface area contributed by atoms with Gasteiger partial charge in [-0.25, -0.2) is 12.1 Å². The van der Waals surface area contributed by atoms with Crippen molar-refractivity contribution in [3.8, 4) is 11.8 Å². The van der Waals surface area contributed by atoms with Crippen LogP contribution in [-0.4, -0.2) is 0 Å². The van der Waals surface area contributed by atoms with Gasteiger partial charge in [0.05, 0.1) is 0 Å². The molecule has 0 aliphatic rings. The Morgan fingerprint density at radius 3 is 1.22 bits per heavy atom. The van der Waals surface area contributed by atoms with Crippen molar-refractivity contribution >= 4 is 0 Å². The molecule has 0 bridgehead atoms. The third-order valence-corrected chi connectivity index (χ3v) is 2.74. The predicted molar refractivity (Wildman–Crippen MR) is 105 cm³/mol. The van der Waals surface area contributed by atoms with Crippen LogP contribution < -0.4 is 0 Å². The van der Waals surface area contributed by atoms with E-state index in [0.29, 0.717) is 0 Å². The molecule has 0 heterocycles. The smallest absolute Gasteiger partial charge is 0 e. The molecule has 4 rings (SSSR count). The summed E-state index contributed by atoms with van der Waals surface area (Å²) in [5.41, 5.74) is 1.65. The van der Waals surface area contributed by atoms with Crippen LogP contribution in [0.15, 0.2) is 97.1 Å². The first-order chi connectivity index (χ1) is 12.9. The minimum atomic E-state index is 0. The fourth-order valence-corrected chi connectivity index (χ4v) is 1.54. The van der Waals surface area contributed by atoms with E-state index >= 15 is 0 Å². The molecular formula is C26H16Ti-8. The zero-order valence-corrected chi connectivity index (χ0v) is 16.3. The van der Waals surface area contributed by atoms with Crippen LogP contribution in [0, 0.1) is 49.0 Å². The summed E-state index contributed by atoms with van der Waals surface area (Å²) >= 11 is 0. The van der Waals surface area contributed by atoms with E-state index in [2.05, 4.69) is 36.1 Å². The molecule has 0 aliphatic heterocycles. The molecule has 0 fully saturated rings. The zero-order valence-electron chi connectivity index (χ0n) is 14.7. The average Bonchev–Trinajstić information content (AvgIpc) is 3.48. The first-order valence-corrected chi connectivity index (χ1v) is 7.82. The Kier molecular flexibility index (Phi) is 15.8. The molecule has 0 radical (unpaired) electrons. The monoisotopic (exact) mass is 376 g/mol. The molecule has 0 aromatic heterocycles. The summed E-state index contributed by atoms with van der Waals surface area (Å²) < 4.78 is 0. The quantitative estimate of drug-likeness (QED) is 0.223. The van der Waals surface area contributed by atoms with Gasteiger partial charge in [-0.2, -0.15) is 18.2 Å². The number of rotatable bonds is 0. The summed E-state index contributed by atoms with van der Waals surface area (Å²) in [6, 6.07) is 40.7. The summed E-state index contributed by atoms with van der Waals surface area (Å²) in [6.45, 7) is 0. The SMILES string of the molecule is [C-]#Cc1ccccc1.[C-]#Cc1ccccc1.[Ti].[c-]1[c-][c-][cH-][c-]1.c1cc[cH-]c1. The van der Waals surface area contributed by atoms with Gasteiger partial charge in [0.1, 0.15) is 0 Å². The fourth-order valence-electron chi connectivity index (χ4n) is 1.54. The summed E-state index contributed by atoms with van der Waals surface area (Å²) in [7, 11) is 0. The van der Waals surface area contributed by atoms with E-state index in [1.165, 1.54) is 0 Å². The molecule has 0 N–H and O–H groups in total. The maximum atomic E-state index is 6.69. The first kappa shape index (κ1) is 24.0. The van der Waals surface area contributed by atoms with Crippen molar-refractivity contribution in [3.63, 3.8) is 0 Å². The predicted octanol–water partition coefficient (Wildman–Crippen LogP) is 5.26. The van der Waals surface area contributed by atoms with E-state index < -0.39 is 0 Å². The van der Waals surface area contributed by atoms with Gasteiger partial charge in [0.2, 0.25) is 0 Å². The largest absolute Gasteiger partial charge is 0.999 e. The summed E-state index contributed by atoms with van der Waals surface area (Å²) in [6.07, 6.45) is 13.4. The van der Waals surface area contributed by atoms with E-state index in [1.54, 1.807) is 6.07 Å². The molecule has 0 nitrogen and oxygen atoms in total.